The predicted octanol–water partition coefficient (Wildman–Crippen LogP) is 1.78. The number of carbonyl (C=O) groups is 1. The molecule has 108 valence electrons. The molecular weight excluding hydrogens is 248 g/mol. The summed E-state index contributed by atoms with van der Waals surface area (Å²) < 4.78 is 4.93. The molecule has 0 heterocycles. The maximum absolute atomic E-state index is 11.6. The lowest BCUT2D eigenvalue weighted by molar-refractivity contribution is -0.122. The van der Waals surface area contributed by atoms with E-state index in [2.05, 4.69) is 11.6 Å². The third kappa shape index (κ3) is 10.9. The first-order chi connectivity index (χ1) is 8.72. The molecule has 0 aliphatic rings. The molecule has 5 heteroatoms. The van der Waals surface area contributed by atoms with Gasteiger partial charge in [-0.2, -0.15) is 11.8 Å². The van der Waals surface area contributed by atoms with Crippen molar-refractivity contribution in [3.8, 4) is 0 Å². The average Bonchev–Trinajstić information content (AvgIpc) is 2.37. The van der Waals surface area contributed by atoms with Crippen molar-refractivity contribution in [2.24, 2.45) is 5.73 Å². The SMILES string of the molecule is COCCCC(N)C(=O)NCCCCCCSC. The standard InChI is InChI=1S/C13H28N2O2S/c1-17-10-7-8-12(14)13(16)15-9-5-3-4-6-11-18-2/h12H,3-11,14H2,1-2H3,(H,15,16). The maximum atomic E-state index is 11.6. The Balaban J connectivity index is 3.35. The Morgan fingerprint density at radius 1 is 1.28 bits per heavy atom. The lowest BCUT2D eigenvalue weighted by Crippen LogP contribution is -2.41. The van der Waals surface area contributed by atoms with Crippen molar-refractivity contribution in [2.45, 2.75) is 44.6 Å². The van der Waals surface area contributed by atoms with E-state index in [-0.39, 0.29) is 5.91 Å². The maximum Gasteiger partial charge on any atom is 0.236 e. The van der Waals surface area contributed by atoms with E-state index in [1.165, 1.54) is 25.0 Å². The smallest absolute Gasteiger partial charge is 0.236 e. The number of unbranched alkanes of at least 4 members (excludes halogenated alkanes) is 3. The van der Waals surface area contributed by atoms with Crippen molar-refractivity contribution in [1.82, 2.24) is 5.32 Å². The summed E-state index contributed by atoms with van der Waals surface area (Å²) in [7, 11) is 1.66. The predicted molar refractivity (Wildman–Crippen MR) is 78.9 cm³/mol. The lowest BCUT2D eigenvalue weighted by Gasteiger charge is -2.11. The fraction of sp³-hybridized carbons (Fsp3) is 0.923. The van der Waals surface area contributed by atoms with Gasteiger partial charge < -0.3 is 15.8 Å². The molecule has 1 unspecified atom stereocenters. The van der Waals surface area contributed by atoms with Gasteiger partial charge in [0.15, 0.2) is 0 Å². The number of ether oxygens (including phenoxy) is 1. The van der Waals surface area contributed by atoms with Crippen LogP contribution in [0.1, 0.15) is 38.5 Å². The fourth-order valence-electron chi connectivity index (χ4n) is 1.65. The van der Waals surface area contributed by atoms with Crippen molar-refractivity contribution < 1.29 is 9.53 Å². The van der Waals surface area contributed by atoms with E-state index in [1.807, 2.05) is 11.8 Å². The Kier molecular flexibility index (Phi) is 13.0. The number of methoxy groups -OCH3 is 1. The fourth-order valence-corrected chi connectivity index (χ4v) is 2.14. The second kappa shape index (κ2) is 13.2. The number of nitrogens with two attached hydrogens (primary N) is 1. The molecule has 3 N–H and O–H groups in total. The molecule has 0 radical (unpaired) electrons. The summed E-state index contributed by atoms with van der Waals surface area (Å²) >= 11 is 1.89. The first-order valence-electron chi connectivity index (χ1n) is 6.73. The molecule has 0 rings (SSSR count). The van der Waals surface area contributed by atoms with Gasteiger partial charge in [-0.3, -0.25) is 4.79 Å². The van der Waals surface area contributed by atoms with Gasteiger partial charge in [0.1, 0.15) is 0 Å². The minimum atomic E-state index is -0.392. The van der Waals surface area contributed by atoms with Gasteiger partial charge in [0.25, 0.3) is 0 Å². The zero-order valence-corrected chi connectivity index (χ0v) is 12.6. The number of hydrogen-bond donors (Lipinski definition) is 2. The van der Waals surface area contributed by atoms with Crippen LogP contribution < -0.4 is 11.1 Å². The average molecular weight is 276 g/mol. The Morgan fingerprint density at radius 2 is 2.00 bits per heavy atom. The third-order valence-electron chi connectivity index (χ3n) is 2.77. The van der Waals surface area contributed by atoms with Crippen molar-refractivity contribution in [2.75, 3.05) is 32.3 Å². The van der Waals surface area contributed by atoms with Crippen LogP contribution in [0.5, 0.6) is 0 Å². The number of carbonyl (C=O) groups excluding carboxylic acids is 1. The minimum Gasteiger partial charge on any atom is -0.385 e. The van der Waals surface area contributed by atoms with Crippen LogP contribution in [0.3, 0.4) is 0 Å². The summed E-state index contributed by atoms with van der Waals surface area (Å²) in [5.74, 6) is 1.20. The zero-order valence-electron chi connectivity index (χ0n) is 11.7. The largest absolute Gasteiger partial charge is 0.385 e. The van der Waals surface area contributed by atoms with Crippen LogP contribution in [0.25, 0.3) is 0 Å². The Hall–Kier alpha value is -0.260. The second-order valence-electron chi connectivity index (χ2n) is 4.44. The highest BCUT2D eigenvalue weighted by Crippen LogP contribution is 2.04. The Morgan fingerprint density at radius 3 is 2.67 bits per heavy atom. The van der Waals surface area contributed by atoms with E-state index in [9.17, 15) is 4.79 Å². The van der Waals surface area contributed by atoms with E-state index >= 15 is 0 Å². The number of thioether (sulfide) groups is 1. The molecule has 0 bridgehead atoms. The molecule has 0 saturated heterocycles. The molecule has 0 saturated carbocycles. The molecule has 4 nitrogen and oxygen atoms in total. The number of amides is 1. The summed E-state index contributed by atoms with van der Waals surface area (Å²) in [6.07, 6.45) is 8.39. The van der Waals surface area contributed by atoms with Crippen LogP contribution in [0.2, 0.25) is 0 Å². The van der Waals surface area contributed by atoms with Crippen LogP contribution in [0, 0.1) is 0 Å². The Labute approximate surface area is 115 Å². The van der Waals surface area contributed by atoms with Crippen molar-refractivity contribution >= 4 is 17.7 Å². The van der Waals surface area contributed by atoms with Crippen molar-refractivity contribution in [3.05, 3.63) is 0 Å². The third-order valence-corrected chi connectivity index (χ3v) is 3.47. The molecule has 0 aromatic carbocycles. The van der Waals surface area contributed by atoms with Gasteiger partial charge >= 0.3 is 0 Å². The molecule has 0 fully saturated rings. The zero-order chi connectivity index (χ0) is 13.6. The van der Waals surface area contributed by atoms with Gasteiger partial charge in [-0.25, -0.2) is 0 Å². The molecule has 18 heavy (non-hydrogen) atoms. The first kappa shape index (κ1) is 17.7. The highest BCUT2D eigenvalue weighted by atomic mass is 32.2. The second-order valence-corrected chi connectivity index (χ2v) is 5.43. The highest BCUT2D eigenvalue weighted by molar-refractivity contribution is 7.98. The van der Waals surface area contributed by atoms with Crippen LogP contribution in [0.4, 0.5) is 0 Å². The molecule has 0 aromatic rings. The molecule has 0 aliphatic heterocycles. The molecule has 0 spiro atoms. The topological polar surface area (TPSA) is 64.3 Å². The van der Waals surface area contributed by atoms with Gasteiger partial charge in [-0.1, -0.05) is 12.8 Å². The van der Waals surface area contributed by atoms with Crippen LogP contribution in [-0.2, 0) is 9.53 Å². The number of hydrogen-bond acceptors (Lipinski definition) is 4. The molecule has 0 aliphatic carbocycles. The van der Waals surface area contributed by atoms with Crippen molar-refractivity contribution in [3.63, 3.8) is 0 Å². The van der Waals surface area contributed by atoms with Crippen LogP contribution >= 0.6 is 11.8 Å². The van der Waals surface area contributed by atoms with E-state index < -0.39 is 6.04 Å². The van der Waals surface area contributed by atoms with Gasteiger partial charge in [0, 0.05) is 20.3 Å². The van der Waals surface area contributed by atoms with Gasteiger partial charge in [-0.05, 0) is 37.7 Å². The minimum absolute atomic E-state index is 0.0322. The van der Waals surface area contributed by atoms with Crippen LogP contribution in [0.15, 0.2) is 0 Å². The number of nitrogens with one attached hydrogen (secondary N) is 1. The van der Waals surface area contributed by atoms with Crippen LogP contribution in [-0.4, -0.2) is 44.2 Å². The molecule has 1 atom stereocenters. The molecule has 1 amide bonds. The van der Waals surface area contributed by atoms with Gasteiger partial charge in [0.05, 0.1) is 6.04 Å². The van der Waals surface area contributed by atoms with E-state index in [4.69, 9.17) is 10.5 Å². The number of rotatable bonds is 12. The monoisotopic (exact) mass is 276 g/mol. The first-order valence-corrected chi connectivity index (χ1v) is 8.13. The summed E-state index contributed by atoms with van der Waals surface area (Å²) in [5.41, 5.74) is 5.77. The quantitative estimate of drug-likeness (QED) is 0.533. The van der Waals surface area contributed by atoms with Crippen molar-refractivity contribution in [1.29, 1.82) is 0 Å². The highest BCUT2D eigenvalue weighted by Gasteiger charge is 2.11. The summed E-state index contributed by atoms with van der Waals surface area (Å²) in [5, 5.41) is 2.89. The normalized spacial score (nSPS) is 12.4. The van der Waals surface area contributed by atoms with E-state index in [0.29, 0.717) is 13.0 Å². The lowest BCUT2D eigenvalue weighted by atomic mass is 10.1. The molecule has 0 aromatic heterocycles. The van der Waals surface area contributed by atoms with E-state index in [1.54, 1.807) is 7.11 Å². The van der Waals surface area contributed by atoms with E-state index in [0.717, 1.165) is 19.4 Å². The van der Waals surface area contributed by atoms with Gasteiger partial charge in [-0.15, -0.1) is 0 Å². The molecular formula is C13H28N2O2S. The summed E-state index contributed by atoms with van der Waals surface area (Å²) in [6.45, 7) is 1.41. The Bertz CT molecular complexity index is 203. The summed E-state index contributed by atoms with van der Waals surface area (Å²) in [6, 6.07) is -0.392. The van der Waals surface area contributed by atoms with Gasteiger partial charge in [0.2, 0.25) is 5.91 Å². The summed E-state index contributed by atoms with van der Waals surface area (Å²) in [4.78, 5) is 11.6.